The van der Waals surface area contributed by atoms with Crippen LogP contribution in [0.3, 0.4) is 0 Å². The average Bonchev–Trinajstić information content (AvgIpc) is 2.62. The van der Waals surface area contributed by atoms with Crippen molar-refractivity contribution in [2.45, 2.75) is 38.8 Å². The fourth-order valence-electron chi connectivity index (χ4n) is 3.64. The molecule has 0 spiro atoms. The predicted molar refractivity (Wildman–Crippen MR) is 98.6 cm³/mol. The van der Waals surface area contributed by atoms with E-state index in [2.05, 4.69) is 24.1 Å². The third-order valence-electron chi connectivity index (χ3n) is 5.17. The number of piperidine rings is 1. The average molecular weight is 344 g/mol. The second-order valence-corrected chi connectivity index (χ2v) is 7.15. The largest absolute Gasteiger partial charge is 0.378 e. The van der Waals surface area contributed by atoms with Crippen molar-refractivity contribution in [3.05, 3.63) is 65.7 Å². The molecule has 134 valence electrons. The number of hydrogen-bond acceptors (Lipinski definition) is 2. The molecule has 1 aliphatic rings. The van der Waals surface area contributed by atoms with Gasteiger partial charge in [-0.2, -0.15) is 0 Å². The van der Waals surface area contributed by atoms with Gasteiger partial charge in [0.1, 0.15) is 11.6 Å². The summed E-state index contributed by atoms with van der Waals surface area (Å²) in [5, 5.41) is 3.55. The summed E-state index contributed by atoms with van der Waals surface area (Å²) in [6, 6.07) is 13.8. The van der Waals surface area contributed by atoms with Crippen molar-refractivity contribution in [1.29, 1.82) is 0 Å². The number of likely N-dealkylation sites (tertiary alicyclic amines) is 1. The number of hydrogen-bond donors (Lipinski definition) is 1. The molecule has 2 aromatic rings. The van der Waals surface area contributed by atoms with Gasteiger partial charge < -0.3 is 10.2 Å². The van der Waals surface area contributed by atoms with Crippen LogP contribution in [0.2, 0.25) is 0 Å². The highest BCUT2D eigenvalue weighted by Gasteiger charge is 2.28. The first kappa shape index (κ1) is 17.9. The highest BCUT2D eigenvalue weighted by atomic mass is 19.1. The quantitative estimate of drug-likeness (QED) is 0.798. The van der Waals surface area contributed by atoms with E-state index in [4.69, 9.17) is 0 Å². The van der Waals surface area contributed by atoms with Crippen LogP contribution in [-0.4, -0.2) is 24.0 Å². The molecule has 2 aromatic carbocycles. The van der Waals surface area contributed by atoms with Gasteiger partial charge in [0, 0.05) is 11.7 Å². The van der Waals surface area contributed by atoms with Crippen LogP contribution in [0.4, 0.5) is 14.5 Å². The first-order chi connectivity index (χ1) is 12.0. The Morgan fingerprint density at radius 2 is 1.40 bits per heavy atom. The van der Waals surface area contributed by atoms with Crippen LogP contribution in [0.5, 0.6) is 0 Å². The van der Waals surface area contributed by atoms with Gasteiger partial charge in [0.2, 0.25) is 0 Å². The third kappa shape index (κ3) is 4.57. The second-order valence-electron chi connectivity index (χ2n) is 7.15. The van der Waals surface area contributed by atoms with Crippen LogP contribution < -0.4 is 5.32 Å². The zero-order chi connectivity index (χ0) is 17.8. The first-order valence-corrected chi connectivity index (χ1v) is 9.04. The summed E-state index contributed by atoms with van der Waals surface area (Å²) in [6.07, 6.45) is 2.18. The van der Waals surface area contributed by atoms with Crippen LogP contribution in [-0.2, 0) is 0 Å². The summed E-state index contributed by atoms with van der Waals surface area (Å²) in [5.41, 5.74) is 1.97. The molecule has 0 saturated carbocycles. The van der Waals surface area contributed by atoms with Gasteiger partial charge in [-0.25, -0.2) is 8.78 Å². The fraction of sp³-hybridized carbons (Fsp3) is 0.429. The second kappa shape index (κ2) is 7.96. The molecule has 1 fully saturated rings. The van der Waals surface area contributed by atoms with Crippen LogP contribution >= 0.6 is 0 Å². The van der Waals surface area contributed by atoms with Gasteiger partial charge >= 0.3 is 0 Å². The molecule has 4 heteroatoms. The zero-order valence-corrected chi connectivity index (χ0v) is 14.9. The molecule has 3 rings (SSSR count). The predicted octanol–water partition coefficient (Wildman–Crippen LogP) is 5.24. The summed E-state index contributed by atoms with van der Waals surface area (Å²) >= 11 is 0. The lowest BCUT2D eigenvalue weighted by atomic mass is 9.84. The molecular weight excluding hydrogens is 318 g/mol. The Bertz CT molecular complexity index is 659. The van der Waals surface area contributed by atoms with Gasteiger partial charge in [-0.1, -0.05) is 12.1 Å². The number of anilines is 1. The third-order valence-corrected chi connectivity index (χ3v) is 5.17. The maximum absolute atomic E-state index is 13.3. The molecule has 0 aromatic heterocycles. The minimum Gasteiger partial charge on any atom is -0.378 e. The molecule has 1 atom stereocenters. The maximum atomic E-state index is 13.3. The van der Waals surface area contributed by atoms with E-state index >= 15 is 0 Å². The summed E-state index contributed by atoms with van der Waals surface area (Å²) < 4.78 is 26.5. The van der Waals surface area contributed by atoms with Crippen LogP contribution in [0.1, 0.15) is 38.3 Å². The van der Waals surface area contributed by atoms with Gasteiger partial charge in [-0.05, 0) is 87.7 Å². The Kier molecular flexibility index (Phi) is 5.69. The van der Waals surface area contributed by atoms with Gasteiger partial charge in [0.25, 0.3) is 0 Å². The summed E-state index contributed by atoms with van der Waals surface area (Å²) in [5.74, 6) is -0.00135. The highest BCUT2D eigenvalue weighted by Crippen LogP contribution is 2.34. The molecule has 25 heavy (non-hydrogen) atoms. The fourth-order valence-corrected chi connectivity index (χ4v) is 3.64. The van der Waals surface area contributed by atoms with Crippen molar-refractivity contribution in [3.63, 3.8) is 0 Å². The molecule has 0 amide bonds. The molecule has 1 N–H and O–H groups in total. The molecule has 0 aliphatic carbocycles. The maximum Gasteiger partial charge on any atom is 0.123 e. The van der Waals surface area contributed by atoms with E-state index < -0.39 is 0 Å². The first-order valence-electron chi connectivity index (χ1n) is 9.04. The van der Waals surface area contributed by atoms with Crippen molar-refractivity contribution in [1.82, 2.24) is 4.90 Å². The van der Waals surface area contributed by atoms with Crippen LogP contribution in [0.25, 0.3) is 0 Å². The van der Waals surface area contributed by atoms with E-state index in [1.165, 1.54) is 24.3 Å². The number of rotatable bonds is 5. The van der Waals surface area contributed by atoms with Gasteiger partial charge in [0.15, 0.2) is 0 Å². The number of benzene rings is 2. The monoisotopic (exact) mass is 344 g/mol. The van der Waals surface area contributed by atoms with Crippen molar-refractivity contribution in [3.8, 4) is 0 Å². The van der Waals surface area contributed by atoms with Gasteiger partial charge in [-0.3, -0.25) is 0 Å². The van der Waals surface area contributed by atoms with E-state index in [-0.39, 0.29) is 17.7 Å². The SMILES string of the molecule is CC(C)N1CCC(C(Nc2ccc(F)cc2)c2ccc(F)cc2)CC1. The Labute approximate surface area is 148 Å². The van der Waals surface area contributed by atoms with Crippen molar-refractivity contribution < 1.29 is 8.78 Å². The highest BCUT2D eigenvalue weighted by molar-refractivity contribution is 5.45. The van der Waals surface area contributed by atoms with E-state index in [0.717, 1.165) is 37.2 Å². The van der Waals surface area contributed by atoms with Gasteiger partial charge in [0.05, 0.1) is 6.04 Å². The number of nitrogens with one attached hydrogen (secondary N) is 1. The van der Waals surface area contributed by atoms with Crippen LogP contribution in [0, 0.1) is 17.6 Å². The molecule has 2 nitrogen and oxygen atoms in total. The lowest BCUT2D eigenvalue weighted by molar-refractivity contribution is 0.141. The van der Waals surface area contributed by atoms with Crippen LogP contribution in [0.15, 0.2) is 48.5 Å². The molecule has 0 bridgehead atoms. The lowest BCUT2D eigenvalue weighted by Crippen LogP contribution is -2.40. The van der Waals surface area contributed by atoms with E-state index in [0.29, 0.717) is 12.0 Å². The lowest BCUT2D eigenvalue weighted by Gasteiger charge is -2.38. The Morgan fingerprint density at radius 1 is 0.880 bits per heavy atom. The van der Waals surface area contributed by atoms with Crippen molar-refractivity contribution in [2.75, 3.05) is 18.4 Å². The van der Waals surface area contributed by atoms with E-state index in [1.54, 1.807) is 12.1 Å². The Balaban J connectivity index is 1.79. The van der Waals surface area contributed by atoms with Crippen molar-refractivity contribution >= 4 is 5.69 Å². The summed E-state index contributed by atoms with van der Waals surface area (Å²) in [7, 11) is 0. The molecule has 1 unspecified atom stereocenters. The van der Waals surface area contributed by atoms with E-state index in [1.807, 2.05) is 12.1 Å². The van der Waals surface area contributed by atoms with Gasteiger partial charge in [-0.15, -0.1) is 0 Å². The minimum atomic E-state index is -0.242. The zero-order valence-electron chi connectivity index (χ0n) is 14.9. The molecule has 0 radical (unpaired) electrons. The van der Waals surface area contributed by atoms with Crippen molar-refractivity contribution in [2.24, 2.45) is 5.92 Å². The molecule has 1 saturated heterocycles. The smallest absolute Gasteiger partial charge is 0.123 e. The standard InChI is InChI=1S/C21H26F2N2/c1-15(2)25-13-11-17(12-14-25)21(16-3-5-18(22)6-4-16)24-20-9-7-19(23)8-10-20/h3-10,15,17,21,24H,11-14H2,1-2H3. The number of halogens is 2. The normalized spacial score (nSPS) is 17.6. The minimum absolute atomic E-state index is 0.0976. The number of nitrogens with zero attached hydrogens (tertiary/aromatic N) is 1. The molecule has 1 aliphatic heterocycles. The molecule has 1 heterocycles. The topological polar surface area (TPSA) is 15.3 Å². The molecular formula is C21H26F2N2. The summed E-state index contributed by atoms with van der Waals surface area (Å²) in [6.45, 7) is 6.61. The Hall–Kier alpha value is -1.94. The Morgan fingerprint density at radius 3 is 1.92 bits per heavy atom. The van der Waals surface area contributed by atoms with E-state index in [9.17, 15) is 8.78 Å². The summed E-state index contributed by atoms with van der Waals surface area (Å²) in [4.78, 5) is 2.50.